The number of hydrogen-bond donors (Lipinski definition) is 1. The van der Waals surface area contributed by atoms with Crippen LogP contribution in [0.1, 0.15) is 81.3 Å². The maximum atomic E-state index is 5.01. The van der Waals surface area contributed by atoms with Crippen molar-refractivity contribution in [2.45, 2.75) is 72.1 Å². The topological polar surface area (TPSA) is 37.8 Å². The molecular weight excluding hydrogens is 330 g/mol. The molecule has 144 valence electrons. The first-order valence-corrected chi connectivity index (χ1v) is 10.3. The number of nitrogens with one attached hydrogen (secondary N) is 1. The molecule has 2 aromatic rings. The molecular formula is C24H33N3. The van der Waals surface area contributed by atoms with E-state index in [1.54, 1.807) is 0 Å². The van der Waals surface area contributed by atoms with Gasteiger partial charge in [-0.3, -0.25) is 4.98 Å². The third kappa shape index (κ3) is 5.18. The van der Waals surface area contributed by atoms with E-state index in [0.29, 0.717) is 11.8 Å². The molecule has 0 amide bonds. The zero-order chi connectivity index (χ0) is 19.4. The molecule has 0 atom stereocenters. The Morgan fingerprint density at radius 1 is 1.22 bits per heavy atom. The molecule has 1 N–H and O–H groups in total. The molecule has 3 rings (SSSR count). The second kappa shape index (κ2) is 8.69. The Bertz CT molecular complexity index is 801. The molecule has 0 aliphatic heterocycles. The van der Waals surface area contributed by atoms with E-state index in [1.807, 2.05) is 20.0 Å². The standard InChI is InChI=1S/C24H33N3/c1-16(2)10-11-19-13-22(20-8-6-7-9-20)26-24(14-19)27-23-12-18(5)25-15-21(23)17(3)4/h12-16,20H,3,6-11H2,1-2,4-5H3,(H,25,26,27). The minimum atomic E-state index is 0.615. The molecule has 0 radical (unpaired) electrons. The summed E-state index contributed by atoms with van der Waals surface area (Å²) in [5, 5.41) is 3.57. The van der Waals surface area contributed by atoms with E-state index in [1.165, 1.54) is 43.4 Å². The summed E-state index contributed by atoms with van der Waals surface area (Å²) in [6.07, 6.45) is 9.41. The third-order valence-corrected chi connectivity index (χ3v) is 5.45. The highest BCUT2D eigenvalue weighted by molar-refractivity contribution is 5.76. The summed E-state index contributed by atoms with van der Waals surface area (Å²) in [6, 6.07) is 6.65. The van der Waals surface area contributed by atoms with Crippen LogP contribution in [0.15, 0.2) is 31.0 Å². The number of pyridine rings is 2. The summed E-state index contributed by atoms with van der Waals surface area (Å²) in [5.74, 6) is 2.28. The molecule has 1 fully saturated rings. The highest BCUT2D eigenvalue weighted by Gasteiger charge is 2.20. The highest BCUT2D eigenvalue weighted by Crippen LogP contribution is 2.35. The van der Waals surface area contributed by atoms with Gasteiger partial charge in [0, 0.05) is 29.1 Å². The van der Waals surface area contributed by atoms with Crippen molar-refractivity contribution >= 4 is 17.1 Å². The number of anilines is 2. The summed E-state index contributed by atoms with van der Waals surface area (Å²) in [7, 11) is 0. The lowest BCUT2D eigenvalue weighted by Crippen LogP contribution is -2.05. The Balaban J connectivity index is 1.94. The van der Waals surface area contributed by atoms with E-state index in [9.17, 15) is 0 Å². The molecule has 1 aliphatic rings. The Morgan fingerprint density at radius 3 is 2.63 bits per heavy atom. The van der Waals surface area contributed by atoms with Crippen LogP contribution in [0.4, 0.5) is 11.5 Å². The zero-order valence-electron chi connectivity index (χ0n) is 17.3. The maximum absolute atomic E-state index is 5.01. The molecule has 0 spiro atoms. The minimum absolute atomic E-state index is 0.615. The smallest absolute Gasteiger partial charge is 0.130 e. The lowest BCUT2D eigenvalue weighted by atomic mass is 9.98. The van der Waals surface area contributed by atoms with Gasteiger partial charge in [0.25, 0.3) is 0 Å². The van der Waals surface area contributed by atoms with Gasteiger partial charge < -0.3 is 5.32 Å². The Hall–Kier alpha value is -2.16. The van der Waals surface area contributed by atoms with E-state index >= 15 is 0 Å². The Morgan fingerprint density at radius 2 is 1.96 bits per heavy atom. The van der Waals surface area contributed by atoms with Crippen molar-refractivity contribution < 1.29 is 0 Å². The largest absolute Gasteiger partial charge is 0.340 e. The average Bonchev–Trinajstić information content (AvgIpc) is 3.14. The summed E-state index contributed by atoms with van der Waals surface area (Å²) >= 11 is 0. The number of allylic oxidation sites excluding steroid dienone is 1. The Kier molecular flexibility index (Phi) is 6.30. The van der Waals surface area contributed by atoms with Gasteiger partial charge in [-0.2, -0.15) is 0 Å². The van der Waals surface area contributed by atoms with Gasteiger partial charge in [-0.25, -0.2) is 4.98 Å². The van der Waals surface area contributed by atoms with E-state index in [4.69, 9.17) is 4.98 Å². The molecule has 1 saturated carbocycles. The van der Waals surface area contributed by atoms with Crippen molar-refractivity contribution in [2.24, 2.45) is 5.92 Å². The lowest BCUT2D eigenvalue weighted by Gasteiger charge is -2.17. The first-order chi connectivity index (χ1) is 12.9. The second-order valence-electron chi connectivity index (χ2n) is 8.48. The summed E-state index contributed by atoms with van der Waals surface area (Å²) in [5.41, 5.74) is 6.76. The number of hydrogen-bond acceptors (Lipinski definition) is 3. The van der Waals surface area contributed by atoms with Crippen molar-refractivity contribution in [3.05, 3.63) is 53.5 Å². The molecule has 2 heterocycles. The number of nitrogens with zero attached hydrogens (tertiary/aromatic N) is 2. The molecule has 0 bridgehead atoms. The molecule has 3 heteroatoms. The quantitative estimate of drug-likeness (QED) is 0.587. The van der Waals surface area contributed by atoms with E-state index in [-0.39, 0.29) is 0 Å². The van der Waals surface area contributed by atoms with Gasteiger partial charge in [0.05, 0.1) is 5.69 Å². The fraction of sp³-hybridized carbons (Fsp3) is 0.500. The normalized spacial score (nSPS) is 14.7. The molecule has 0 saturated heterocycles. The SMILES string of the molecule is C=C(C)c1cnc(C)cc1Nc1cc(CCC(C)C)cc(C2CCCC2)n1. The molecule has 2 aromatic heterocycles. The van der Waals surface area contributed by atoms with Crippen LogP contribution in [0.3, 0.4) is 0 Å². The predicted molar refractivity (Wildman–Crippen MR) is 116 cm³/mol. The van der Waals surface area contributed by atoms with Crippen molar-refractivity contribution in [3.8, 4) is 0 Å². The fourth-order valence-electron chi connectivity index (χ4n) is 3.85. The van der Waals surface area contributed by atoms with Crippen LogP contribution in [0.25, 0.3) is 5.57 Å². The van der Waals surface area contributed by atoms with Gasteiger partial charge in [-0.15, -0.1) is 0 Å². The summed E-state index contributed by atoms with van der Waals surface area (Å²) in [4.78, 5) is 9.44. The number of aryl methyl sites for hydroxylation is 2. The predicted octanol–water partition coefficient (Wildman–Crippen LogP) is 6.81. The maximum Gasteiger partial charge on any atom is 0.130 e. The van der Waals surface area contributed by atoms with Crippen molar-refractivity contribution in [1.29, 1.82) is 0 Å². The summed E-state index contributed by atoms with van der Waals surface area (Å²) in [6.45, 7) is 12.7. The second-order valence-corrected chi connectivity index (χ2v) is 8.48. The monoisotopic (exact) mass is 363 g/mol. The molecule has 27 heavy (non-hydrogen) atoms. The van der Waals surface area contributed by atoms with Crippen LogP contribution in [-0.2, 0) is 6.42 Å². The molecule has 1 aliphatic carbocycles. The highest BCUT2D eigenvalue weighted by atomic mass is 15.0. The first kappa shape index (κ1) is 19.6. The zero-order valence-corrected chi connectivity index (χ0v) is 17.3. The van der Waals surface area contributed by atoms with Gasteiger partial charge in [-0.05, 0) is 74.8 Å². The van der Waals surface area contributed by atoms with Crippen molar-refractivity contribution in [3.63, 3.8) is 0 Å². The van der Waals surface area contributed by atoms with Gasteiger partial charge in [0.2, 0.25) is 0 Å². The Labute approximate surface area is 164 Å². The first-order valence-electron chi connectivity index (χ1n) is 10.3. The molecule has 3 nitrogen and oxygen atoms in total. The van der Waals surface area contributed by atoms with Crippen molar-refractivity contribution in [2.75, 3.05) is 5.32 Å². The van der Waals surface area contributed by atoms with E-state index in [0.717, 1.165) is 34.8 Å². The van der Waals surface area contributed by atoms with Crippen molar-refractivity contribution in [1.82, 2.24) is 9.97 Å². The van der Waals surface area contributed by atoms with Crippen LogP contribution in [0, 0.1) is 12.8 Å². The van der Waals surface area contributed by atoms with E-state index in [2.05, 4.69) is 48.9 Å². The van der Waals surface area contributed by atoms with Crippen LogP contribution in [-0.4, -0.2) is 9.97 Å². The van der Waals surface area contributed by atoms with Gasteiger partial charge in [0.1, 0.15) is 5.82 Å². The summed E-state index contributed by atoms with van der Waals surface area (Å²) < 4.78 is 0. The van der Waals surface area contributed by atoms with Crippen LogP contribution in [0.5, 0.6) is 0 Å². The molecule has 0 unspecified atom stereocenters. The van der Waals surface area contributed by atoms with Gasteiger partial charge >= 0.3 is 0 Å². The van der Waals surface area contributed by atoms with Crippen LogP contribution >= 0.6 is 0 Å². The molecule has 0 aromatic carbocycles. The van der Waals surface area contributed by atoms with Gasteiger partial charge in [-0.1, -0.05) is 33.3 Å². The third-order valence-electron chi connectivity index (χ3n) is 5.45. The fourth-order valence-corrected chi connectivity index (χ4v) is 3.85. The van der Waals surface area contributed by atoms with Crippen LogP contribution < -0.4 is 5.32 Å². The average molecular weight is 364 g/mol. The van der Waals surface area contributed by atoms with E-state index < -0.39 is 0 Å². The number of rotatable bonds is 7. The lowest BCUT2D eigenvalue weighted by molar-refractivity contribution is 0.585. The minimum Gasteiger partial charge on any atom is -0.340 e. The number of aromatic nitrogens is 2. The van der Waals surface area contributed by atoms with Gasteiger partial charge in [0.15, 0.2) is 0 Å². The van der Waals surface area contributed by atoms with Crippen LogP contribution in [0.2, 0.25) is 0 Å².